The van der Waals surface area contributed by atoms with Gasteiger partial charge in [0.1, 0.15) is 42.9 Å². The van der Waals surface area contributed by atoms with E-state index in [1.54, 1.807) is 0 Å². The third-order valence-corrected chi connectivity index (χ3v) is 4.81. The number of rotatable bonds is 7. The first-order valence-electron chi connectivity index (χ1n) is 10.2. The number of carboxylic acids is 1. The molecule has 34 heavy (non-hydrogen) atoms. The van der Waals surface area contributed by atoms with Crippen LogP contribution in [-0.2, 0) is 25.5 Å². The van der Waals surface area contributed by atoms with E-state index in [0.717, 1.165) is 10.1 Å². The fourth-order valence-electron chi connectivity index (χ4n) is 2.94. The number of aliphatic carboxylic acids is 1. The lowest BCUT2D eigenvalue weighted by atomic mass is 10.1. The summed E-state index contributed by atoms with van der Waals surface area (Å²) >= 11 is 0. The maximum Gasteiger partial charge on any atom is 0.351 e. The summed E-state index contributed by atoms with van der Waals surface area (Å²) in [6, 6.07) is 9.70. The molecule has 1 aromatic carbocycles. The summed E-state index contributed by atoms with van der Waals surface area (Å²) in [5, 5.41) is 36.1. The van der Waals surface area contributed by atoms with Crippen molar-refractivity contribution >= 4 is 17.8 Å². The highest BCUT2D eigenvalue weighted by molar-refractivity contribution is 5.75. The number of esters is 1. The molecule has 1 aliphatic heterocycles. The molecule has 1 aromatic heterocycles. The van der Waals surface area contributed by atoms with Crippen molar-refractivity contribution in [1.82, 2.24) is 9.55 Å². The Labute approximate surface area is 194 Å². The Kier molecular flexibility index (Phi) is 9.65. The molecule has 8 N–H and O–H groups in total. The summed E-state index contributed by atoms with van der Waals surface area (Å²) in [5.74, 6) is -1.83. The van der Waals surface area contributed by atoms with Gasteiger partial charge in [-0.3, -0.25) is 9.36 Å². The van der Waals surface area contributed by atoms with Gasteiger partial charge in [0.05, 0.1) is 0 Å². The number of benzene rings is 1. The van der Waals surface area contributed by atoms with Gasteiger partial charge in [-0.15, -0.1) is 0 Å². The molecule has 0 spiro atoms. The molecule has 13 nitrogen and oxygen atoms in total. The molecule has 0 aliphatic carbocycles. The second-order valence-electron chi connectivity index (χ2n) is 7.53. The highest BCUT2D eigenvalue weighted by Gasteiger charge is 2.44. The van der Waals surface area contributed by atoms with Crippen LogP contribution in [0.2, 0.25) is 0 Å². The van der Waals surface area contributed by atoms with Gasteiger partial charge in [0.25, 0.3) is 0 Å². The summed E-state index contributed by atoms with van der Waals surface area (Å²) in [7, 11) is 0. The van der Waals surface area contributed by atoms with Gasteiger partial charge < -0.3 is 41.4 Å². The van der Waals surface area contributed by atoms with Crippen molar-refractivity contribution in [2.45, 2.75) is 50.0 Å². The lowest BCUT2D eigenvalue weighted by molar-refractivity contribution is -0.151. The molecule has 0 amide bonds. The first kappa shape index (κ1) is 26.9. The molecule has 13 heteroatoms. The zero-order valence-corrected chi connectivity index (χ0v) is 18.3. The van der Waals surface area contributed by atoms with Crippen LogP contribution in [0.25, 0.3) is 0 Å². The van der Waals surface area contributed by atoms with E-state index < -0.39 is 54.3 Å². The Morgan fingerprint density at radius 2 is 1.82 bits per heavy atom. The molecule has 3 rings (SSSR count). The van der Waals surface area contributed by atoms with Crippen LogP contribution in [0.5, 0.6) is 0 Å². The molecule has 1 unspecified atom stereocenters. The van der Waals surface area contributed by atoms with Crippen LogP contribution >= 0.6 is 0 Å². The Bertz CT molecular complexity index is 1010. The Hall–Kier alpha value is -3.36. The van der Waals surface area contributed by atoms with E-state index in [2.05, 4.69) is 4.98 Å². The number of carboxylic acid groups (broad SMARTS) is 1. The zero-order valence-electron chi connectivity index (χ0n) is 18.3. The van der Waals surface area contributed by atoms with Crippen molar-refractivity contribution in [2.24, 2.45) is 5.73 Å². The number of nitrogen functional groups attached to an aromatic ring is 1. The standard InChI is InChI=1S/C18H22N4O6.C3H6O3/c19-11(8-10-4-2-1-3-5-10)17(25)27-9-12-14(23)15(24)16(28-12)22-7-6-13(20)21-18(22)26;1-2(4)3(5)6/h1-7,11-12,14-16,23-24H,8-9,19H2,(H2,20,21,26);2,4H,1H3,(H,5,6)/t11-,12+,14+,15-,16+;/m0./s1. The molecule has 0 radical (unpaired) electrons. The average Bonchev–Trinajstić information content (AvgIpc) is 3.07. The fourth-order valence-corrected chi connectivity index (χ4v) is 2.94. The number of ether oxygens (including phenoxy) is 2. The van der Waals surface area contributed by atoms with E-state index in [-0.39, 0.29) is 12.4 Å². The maximum atomic E-state index is 12.1. The zero-order chi connectivity index (χ0) is 25.4. The van der Waals surface area contributed by atoms with Gasteiger partial charge >= 0.3 is 17.6 Å². The predicted octanol–water partition coefficient (Wildman–Crippen LogP) is -1.99. The van der Waals surface area contributed by atoms with Gasteiger partial charge in [0.2, 0.25) is 0 Å². The highest BCUT2D eigenvalue weighted by Crippen LogP contribution is 2.28. The van der Waals surface area contributed by atoms with Gasteiger partial charge in [-0.1, -0.05) is 30.3 Å². The van der Waals surface area contributed by atoms with Gasteiger partial charge in [-0.25, -0.2) is 9.59 Å². The molecule has 1 saturated heterocycles. The molecule has 2 aromatic rings. The molecule has 1 aliphatic rings. The Morgan fingerprint density at radius 1 is 1.21 bits per heavy atom. The minimum atomic E-state index is -1.41. The normalized spacial score (nSPS) is 23.3. The summed E-state index contributed by atoms with van der Waals surface area (Å²) in [5.41, 5.74) is 11.4. The van der Waals surface area contributed by atoms with Crippen LogP contribution in [0.4, 0.5) is 5.82 Å². The number of anilines is 1. The van der Waals surface area contributed by atoms with Crippen LogP contribution in [0.1, 0.15) is 18.7 Å². The quantitative estimate of drug-likeness (QED) is 0.237. The number of carbonyl (C=O) groups excluding carboxylic acids is 1. The first-order chi connectivity index (χ1) is 16.0. The predicted molar refractivity (Wildman–Crippen MR) is 117 cm³/mol. The number of nitrogens with zero attached hydrogens (tertiary/aromatic N) is 2. The monoisotopic (exact) mass is 480 g/mol. The number of carbonyl (C=O) groups is 2. The summed E-state index contributed by atoms with van der Waals surface area (Å²) in [4.78, 5) is 37.0. The van der Waals surface area contributed by atoms with Gasteiger partial charge in [0.15, 0.2) is 6.23 Å². The molecular weight excluding hydrogens is 452 g/mol. The third-order valence-electron chi connectivity index (χ3n) is 4.81. The SMILES string of the molecule is CC(O)C(=O)O.Nc1ccn([C@@H]2O[C@H](COC(=O)[C@@H](N)Cc3ccccc3)[C@@H](O)[C@@H]2O)c(=O)n1. The largest absolute Gasteiger partial charge is 0.479 e. The number of hydrogen-bond acceptors (Lipinski definition) is 11. The lowest BCUT2D eigenvalue weighted by Gasteiger charge is -2.17. The van der Waals surface area contributed by atoms with Crippen LogP contribution in [0, 0.1) is 0 Å². The molecule has 186 valence electrons. The summed E-state index contributed by atoms with van der Waals surface area (Å²) in [6.07, 6.45) is -4.63. The minimum Gasteiger partial charge on any atom is -0.479 e. The topological polar surface area (TPSA) is 220 Å². The number of hydrogen-bond donors (Lipinski definition) is 6. The van der Waals surface area contributed by atoms with Crippen LogP contribution in [0.15, 0.2) is 47.4 Å². The van der Waals surface area contributed by atoms with Crippen molar-refractivity contribution in [3.8, 4) is 0 Å². The van der Waals surface area contributed by atoms with Gasteiger partial charge in [-0.2, -0.15) is 4.98 Å². The third kappa shape index (κ3) is 7.33. The van der Waals surface area contributed by atoms with E-state index in [0.29, 0.717) is 6.42 Å². The molecule has 1 fully saturated rings. The Balaban J connectivity index is 0.000000604. The van der Waals surface area contributed by atoms with E-state index in [9.17, 15) is 24.6 Å². The second-order valence-corrected chi connectivity index (χ2v) is 7.53. The maximum absolute atomic E-state index is 12.1. The smallest absolute Gasteiger partial charge is 0.351 e. The lowest BCUT2D eigenvalue weighted by Crippen LogP contribution is -2.39. The molecule has 2 heterocycles. The van der Waals surface area contributed by atoms with E-state index in [4.69, 9.17) is 31.2 Å². The number of aromatic nitrogens is 2. The van der Waals surface area contributed by atoms with Gasteiger partial charge in [-0.05, 0) is 25.0 Å². The number of aliphatic hydroxyl groups is 3. The first-order valence-corrected chi connectivity index (χ1v) is 10.2. The van der Waals surface area contributed by atoms with Crippen molar-refractivity contribution in [3.63, 3.8) is 0 Å². The fraction of sp³-hybridized carbons (Fsp3) is 0.429. The van der Waals surface area contributed by atoms with E-state index >= 15 is 0 Å². The molecular formula is C21H28N4O9. The van der Waals surface area contributed by atoms with Crippen LogP contribution in [0.3, 0.4) is 0 Å². The van der Waals surface area contributed by atoms with E-state index in [1.165, 1.54) is 19.2 Å². The molecule has 6 atom stereocenters. The Morgan fingerprint density at radius 3 is 2.38 bits per heavy atom. The van der Waals surface area contributed by atoms with Crippen LogP contribution < -0.4 is 17.2 Å². The second kappa shape index (κ2) is 12.2. The minimum absolute atomic E-state index is 0.0205. The molecule has 0 bridgehead atoms. The van der Waals surface area contributed by atoms with Gasteiger partial charge in [0, 0.05) is 6.20 Å². The van der Waals surface area contributed by atoms with Crippen molar-refractivity contribution < 1.29 is 39.5 Å². The average molecular weight is 480 g/mol. The van der Waals surface area contributed by atoms with Crippen molar-refractivity contribution in [2.75, 3.05) is 12.3 Å². The summed E-state index contributed by atoms with van der Waals surface area (Å²) < 4.78 is 11.6. The molecule has 0 saturated carbocycles. The summed E-state index contributed by atoms with van der Waals surface area (Å²) in [6.45, 7) is 0.871. The highest BCUT2D eigenvalue weighted by atomic mass is 16.6. The number of aliphatic hydroxyl groups excluding tert-OH is 3. The van der Waals surface area contributed by atoms with E-state index in [1.807, 2.05) is 30.3 Å². The van der Waals surface area contributed by atoms with Crippen molar-refractivity contribution in [3.05, 3.63) is 58.6 Å². The van der Waals surface area contributed by atoms with Crippen molar-refractivity contribution in [1.29, 1.82) is 0 Å². The van der Waals surface area contributed by atoms with Crippen LogP contribution in [-0.4, -0.2) is 79.0 Å². The number of nitrogens with two attached hydrogens (primary N) is 2.